The van der Waals surface area contributed by atoms with E-state index in [1.165, 1.54) is 0 Å². The molecular weight excluding hydrogens is 472 g/mol. The molecule has 1 heterocycles. The van der Waals surface area contributed by atoms with E-state index in [0.717, 1.165) is 5.56 Å². The van der Waals surface area contributed by atoms with E-state index < -0.39 is 10.8 Å². The third-order valence-electron chi connectivity index (χ3n) is 5.25. The third kappa shape index (κ3) is 6.30. The number of amides is 2. The summed E-state index contributed by atoms with van der Waals surface area (Å²) < 4.78 is 17.4. The van der Waals surface area contributed by atoms with E-state index >= 15 is 0 Å². The van der Waals surface area contributed by atoms with Crippen molar-refractivity contribution in [3.05, 3.63) is 83.4 Å². The molecule has 0 radical (unpaired) electrons. The first kappa shape index (κ1) is 25.6. The van der Waals surface area contributed by atoms with E-state index in [2.05, 4.69) is 0 Å². The van der Waals surface area contributed by atoms with Gasteiger partial charge in [-0.25, -0.2) is 4.79 Å². The summed E-state index contributed by atoms with van der Waals surface area (Å²) in [7, 11) is -0.993. The van der Waals surface area contributed by atoms with E-state index in [4.69, 9.17) is 16.3 Å². The van der Waals surface area contributed by atoms with Crippen molar-refractivity contribution in [3.63, 3.8) is 0 Å². The highest BCUT2D eigenvalue weighted by molar-refractivity contribution is 7.84. The Kier molecular flexibility index (Phi) is 8.96. The summed E-state index contributed by atoms with van der Waals surface area (Å²) in [4.78, 5) is 16.7. The fraction of sp³-hybridized carbons (Fsp3) is 0.269. The number of hydrogen-bond acceptors (Lipinski definition) is 4. The highest BCUT2D eigenvalue weighted by Gasteiger charge is 2.39. The number of phenols is 1. The molecule has 1 aliphatic heterocycles. The summed E-state index contributed by atoms with van der Waals surface area (Å²) >= 11 is 5.92. The molecule has 6 nitrogen and oxygen atoms in total. The van der Waals surface area contributed by atoms with Crippen molar-refractivity contribution >= 4 is 34.1 Å². The lowest BCUT2D eigenvalue weighted by atomic mass is 10.1. The van der Waals surface area contributed by atoms with E-state index in [-0.39, 0.29) is 17.8 Å². The van der Waals surface area contributed by atoms with Crippen molar-refractivity contribution in [1.82, 2.24) is 4.90 Å². The van der Waals surface area contributed by atoms with Gasteiger partial charge in [-0.1, -0.05) is 37.6 Å². The van der Waals surface area contributed by atoms with Crippen LogP contribution in [0.2, 0.25) is 5.02 Å². The molecule has 0 bridgehead atoms. The standard InChI is InChI=1S/C24H23ClN2O4S.C2H6/c1-32(30)14-13-26-16-23(17-3-2-4-20(28)15-17)27(24(26)29)19-7-11-22(12-8-19)31-21-9-5-18(25)6-10-21;1-2/h2-12,15,23,28H,13-14,16H2,1H3;1-2H3. The van der Waals surface area contributed by atoms with Crippen LogP contribution in [-0.2, 0) is 10.8 Å². The van der Waals surface area contributed by atoms with Crippen molar-refractivity contribution in [2.45, 2.75) is 19.9 Å². The third-order valence-corrected chi connectivity index (χ3v) is 6.26. The van der Waals surface area contributed by atoms with E-state index in [1.807, 2.05) is 32.0 Å². The van der Waals surface area contributed by atoms with Gasteiger partial charge in [0, 0.05) is 46.6 Å². The SMILES string of the molecule is CC.CS(=O)CCN1CC(c2cccc(O)c2)N(c2ccc(Oc3ccc(Cl)cc3)cc2)C1=O. The molecule has 0 saturated carbocycles. The molecule has 180 valence electrons. The smallest absolute Gasteiger partial charge is 0.325 e. The van der Waals surface area contributed by atoms with E-state index in [1.54, 1.807) is 70.7 Å². The van der Waals surface area contributed by atoms with Gasteiger partial charge in [-0.15, -0.1) is 0 Å². The van der Waals surface area contributed by atoms with Crippen LogP contribution in [0.15, 0.2) is 72.8 Å². The molecule has 3 aromatic carbocycles. The summed E-state index contributed by atoms with van der Waals surface area (Å²) in [6.45, 7) is 4.86. The van der Waals surface area contributed by atoms with Gasteiger partial charge in [-0.05, 0) is 66.2 Å². The minimum absolute atomic E-state index is 0.148. The number of aromatic hydroxyl groups is 1. The molecule has 1 aliphatic rings. The quantitative estimate of drug-likeness (QED) is 0.417. The van der Waals surface area contributed by atoms with Crippen LogP contribution in [0.25, 0.3) is 0 Å². The Morgan fingerprint density at radius 1 is 1.03 bits per heavy atom. The normalized spacial score (nSPS) is 16.1. The summed E-state index contributed by atoms with van der Waals surface area (Å²) in [6, 6.07) is 20.9. The zero-order valence-electron chi connectivity index (χ0n) is 19.5. The zero-order valence-corrected chi connectivity index (χ0v) is 21.1. The molecule has 3 aromatic rings. The van der Waals surface area contributed by atoms with Crippen LogP contribution >= 0.6 is 11.6 Å². The van der Waals surface area contributed by atoms with Gasteiger partial charge >= 0.3 is 6.03 Å². The Morgan fingerprint density at radius 2 is 1.65 bits per heavy atom. The maximum Gasteiger partial charge on any atom is 0.325 e. The minimum Gasteiger partial charge on any atom is -0.508 e. The molecule has 8 heteroatoms. The first-order chi connectivity index (χ1) is 16.4. The Bertz CT molecular complexity index is 1120. The van der Waals surface area contributed by atoms with Crippen LogP contribution in [-0.4, -0.2) is 45.3 Å². The Balaban J connectivity index is 0.00000158. The van der Waals surface area contributed by atoms with Crippen molar-refractivity contribution < 1.29 is 18.8 Å². The maximum absolute atomic E-state index is 13.2. The fourth-order valence-electron chi connectivity index (χ4n) is 3.67. The fourth-order valence-corrected chi connectivity index (χ4v) is 4.27. The Labute approximate surface area is 208 Å². The number of benzene rings is 3. The molecule has 1 N–H and O–H groups in total. The lowest BCUT2D eigenvalue weighted by Crippen LogP contribution is -2.34. The van der Waals surface area contributed by atoms with Crippen molar-refractivity contribution in [2.75, 3.05) is 30.0 Å². The lowest BCUT2D eigenvalue weighted by molar-refractivity contribution is 0.223. The molecule has 0 aromatic heterocycles. The van der Waals surface area contributed by atoms with Crippen LogP contribution < -0.4 is 9.64 Å². The Morgan fingerprint density at radius 3 is 2.24 bits per heavy atom. The summed E-state index contributed by atoms with van der Waals surface area (Å²) in [5.41, 5.74) is 1.55. The highest BCUT2D eigenvalue weighted by atomic mass is 35.5. The summed E-state index contributed by atoms with van der Waals surface area (Å²) in [5, 5.41) is 10.6. The van der Waals surface area contributed by atoms with Crippen LogP contribution in [0.3, 0.4) is 0 Å². The van der Waals surface area contributed by atoms with Gasteiger partial charge in [0.05, 0.1) is 6.04 Å². The molecular formula is C26H29ClN2O4S. The zero-order chi connectivity index (χ0) is 24.7. The molecule has 1 fully saturated rings. The number of halogens is 1. The van der Waals surface area contributed by atoms with E-state index in [0.29, 0.717) is 41.1 Å². The van der Waals surface area contributed by atoms with Gasteiger partial charge in [0.25, 0.3) is 0 Å². The number of nitrogens with zero attached hydrogens (tertiary/aromatic N) is 2. The van der Waals surface area contributed by atoms with Crippen molar-refractivity contribution in [3.8, 4) is 17.2 Å². The second kappa shape index (κ2) is 11.9. The first-order valence-corrected chi connectivity index (χ1v) is 13.2. The van der Waals surface area contributed by atoms with Crippen LogP contribution in [0, 0.1) is 0 Å². The molecule has 2 amide bonds. The lowest BCUT2D eigenvalue weighted by Gasteiger charge is -2.24. The van der Waals surface area contributed by atoms with Gasteiger partial charge in [-0.3, -0.25) is 9.11 Å². The molecule has 1 saturated heterocycles. The number of phenolic OH excluding ortho intramolecular Hbond substituents is 1. The van der Waals surface area contributed by atoms with E-state index in [9.17, 15) is 14.1 Å². The molecule has 0 aliphatic carbocycles. The molecule has 4 rings (SSSR count). The van der Waals surface area contributed by atoms with Crippen LogP contribution in [0.5, 0.6) is 17.2 Å². The number of carbonyl (C=O) groups excluding carboxylic acids is 1. The number of carbonyl (C=O) groups is 1. The topological polar surface area (TPSA) is 70.1 Å². The molecule has 2 atom stereocenters. The molecule has 34 heavy (non-hydrogen) atoms. The average molecular weight is 501 g/mol. The second-order valence-electron chi connectivity index (χ2n) is 7.54. The summed E-state index contributed by atoms with van der Waals surface area (Å²) in [6.07, 6.45) is 1.63. The number of ether oxygens (including phenoxy) is 1. The first-order valence-electron chi connectivity index (χ1n) is 11.1. The minimum atomic E-state index is -0.993. The second-order valence-corrected chi connectivity index (χ2v) is 9.53. The largest absolute Gasteiger partial charge is 0.508 e. The predicted molar refractivity (Wildman–Crippen MR) is 139 cm³/mol. The monoisotopic (exact) mass is 500 g/mol. The van der Waals surface area contributed by atoms with Gasteiger partial charge in [0.1, 0.15) is 17.2 Å². The number of anilines is 1. The van der Waals surface area contributed by atoms with Gasteiger partial charge in [-0.2, -0.15) is 0 Å². The van der Waals surface area contributed by atoms with Gasteiger partial charge in [0.2, 0.25) is 0 Å². The van der Waals surface area contributed by atoms with Crippen LogP contribution in [0.1, 0.15) is 25.5 Å². The molecule has 0 spiro atoms. The van der Waals surface area contributed by atoms with Gasteiger partial charge < -0.3 is 14.7 Å². The van der Waals surface area contributed by atoms with Crippen molar-refractivity contribution in [1.29, 1.82) is 0 Å². The number of urea groups is 1. The Hall–Kier alpha value is -3.03. The van der Waals surface area contributed by atoms with Crippen molar-refractivity contribution in [2.24, 2.45) is 0 Å². The van der Waals surface area contributed by atoms with Crippen LogP contribution in [0.4, 0.5) is 10.5 Å². The predicted octanol–water partition coefficient (Wildman–Crippen LogP) is 6.23. The summed E-state index contributed by atoms with van der Waals surface area (Å²) in [5.74, 6) is 1.86. The molecule has 2 unspecified atom stereocenters. The number of rotatable bonds is 7. The average Bonchev–Trinajstić information content (AvgIpc) is 3.17. The number of hydrogen-bond donors (Lipinski definition) is 1. The maximum atomic E-state index is 13.2. The van der Waals surface area contributed by atoms with Gasteiger partial charge in [0.15, 0.2) is 0 Å². The highest BCUT2D eigenvalue weighted by Crippen LogP contribution is 2.36.